The van der Waals surface area contributed by atoms with Crippen molar-refractivity contribution in [1.29, 1.82) is 0 Å². The minimum atomic E-state index is -0.0468. The van der Waals surface area contributed by atoms with E-state index < -0.39 is 0 Å². The van der Waals surface area contributed by atoms with Crippen LogP contribution in [-0.2, 0) is 11.2 Å². The van der Waals surface area contributed by atoms with E-state index in [-0.39, 0.29) is 5.91 Å². The summed E-state index contributed by atoms with van der Waals surface area (Å²) < 4.78 is 10.8. The maximum absolute atomic E-state index is 12.6. The summed E-state index contributed by atoms with van der Waals surface area (Å²) in [6.07, 6.45) is 2.57. The van der Waals surface area contributed by atoms with Crippen LogP contribution in [0.1, 0.15) is 29.3 Å². The minimum absolute atomic E-state index is 0.0468. The Morgan fingerprint density at radius 2 is 2.15 bits per heavy atom. The monoisotopic (exact) mass is 383 g/mol. The van der Waals surface area contributed by atoms with E-state index >= 15 is 0 Å². The van der Waals surface area contributed by atoms with Crippen molar-refractivity contribution in [3.8, 4) is 22.8 Å². The van der Waals surface area contributed by atoms with E-state index in [1.165, 1.54) is 0 Å². The van der Waals surface area contributed by atoms with Crippen LogP contribution in [-0.4, -0.2) is 30.3 Å². The number of carbonyl (C=O) groups is 1. The van der Waals surface area contributed by atoms with E-state index in [1.54, 1.807) is 25.6 Å². The van der Waals surface area contributed by atoms with Gasteiger partial charge in [0, 0.05) is 22.4 Å². The highest BCUT2D eigenvalue weighted by molar-refractivity contribution is 7.10. The fraction of sp³-hybridized carbons (Fsp3) is 0.300. The Balaban J connectivity index is 1.68. The molecule has 0 bridgehead atoms. The lowest BCUT2D eigenvalue weighted by molar-refractivity contribution is -0.115. The van der Waals surface area contributed by atoms with Crippen LogP contribution in [0.15, 0.2) is 35.7 Å². The van der Waals surface area contributed by atoms with Crippen molar-refractivity contribution < 1.29 is 14.3 Å². The number of ether oxygens (including phenoxy) is 2. The molecule has 0 saturated heterocycles. The third-order valence-electron chi connectivity index (χ3n) is 4.62. The number of thiophene rings is 1. The number of nitrogens with one attached hydrogen (secondary N) is 2. The zero-order chi connectivity index (χ0) is 18.8. The Labute approximate surface area is 161 Å². The van der Waals surface area contributed by atoms with Gasteiger partial charge in [0.15, 0.2) is 0 Å². The van der Waals surface area contributed by atoms with Gasteiger partial charge in [-0.3, -0.25) is 9.89 Å². The number of nitrogens with zero attached hydrogens (tertiary/aromatic N) is 1. The molecule has 1 amide bonds. The molecular formula is C20H21N3O3S. The van der Waals surface area contributed by atoms with E-state index in [0.29, 0.717) is 29.5 Å². The summed E-state index contributed by atoms with van der Waals surface area (Å²) in [4.78, 5) is 13.6. The summed E-state index contributed by atoms with van der Waals surface area (Å²) in [6, 6.07) is 9.50. The molecule has 1 aliphatic carbocycles. The smallest absolute Gasteiger partial charge is 0.229 e. The van der Waals surface area contributed by atoms with E-state index in [0.717, 1.165) is 34.7 Å². The summed E-state index contributed by atoms with van der Waals surface area (Å²) in [7, 11) is 3.23. The highest BCUT2D eigenvalue weighted by Crippen LogP contribution is 2.46. The zero-order valence-corrected chi connectivity index (χ0v) is 16.1. The average Bonchev–Trinajstić information content (AvgIpc) is 3.25. The van der Waals surface area contributed by atoms with Crippen LogP contribution >= 0.6 is 11.3 Å². The van der Waals surface area contributed by atoms with Gasteiger partial charge in [-0.25, -0.2) is 0 Å². The SMILES string of the molecule is COc1ccc(-c2n[nH]c(C3CC3)c2NC(=O)Cc2cccs2)c(OC)c1. The number of carbonyl (C=O) groups excluding carboxylic acids is 1. The predicted molar refractivity (Wildman–Crippen MR) is 106 cm³/mol. The Morgan fingerprint density at radius 1 is 1.30 bits per heavy atom. The lowest BCUT2D eigenvalue weighted by atomic mass is 10.1. The molecule has 2 heterocycles. The highest BCUT2D eigenvalue weighted by atomic mass is 32.1. The molecule has 7 heteroatoms. The number of benzene rings is 1. The number of H-pyrrole nitrogens is 1. The number of anilines is 1. The quantitative estimate of drug-likeness (QED) is 0.641. The molecule has 0 radical (unpaired) electrons. The number of aromatic amines is 1. The topological polar surface area (TPSA) is 76.2 Å². The van der Waals surface area contributed by atoms with Crippen LogP contribution < -0.4 is 14.8 Å². The van der Waals surface area contributed by atoms with Crippen molar-refractivity contribution in [1.82, 2.24) is 10.2 Å². The van der Waals surface area contributed by atoms with Gasteiger partial charge in [0.2, 0.25) is 5.91 Å². The third kappa shape index (κ3) is 3.68. The largest absolute Gasteiger partial charge is 0.497 e. The summed E-state index contributed by atoms with van der Waals surface area (Å²) in [5.74, 6) is 1.73. The minimum Gasteiger partial charge on any atom is -0.497 e. The molecule has 1 saturated carbocycles. The maximum atomic E-state index is 12.6. The summed E-state index contributed by atoms with van der Waals surface area (Å²) in [5.41, 5.74) is 3.24. The molecule has 6 nitrogen and oxygen atoms in total. The lowest BCUT2D eigenvalue weighted by Crippen LogP contribution is -2.15. The molecule has 1 aromatic carbocycles. The Kier molecular flexibility index (Phi) is 4.85. The first-order valence-corrected chi connectivity index (χ1v) is 9.70. The first kappa shape index (κ1) is 17.6. The first-order chi connectivity index (χ1) is 13.2. The van der Waals surface area contributed by atoms with Crippen LogP contribution in [0.2, 0.25) is 0 Å². The molecule has 1 aliphatic rings. The fourth-order valence-corrected chi connectivity index (χ4v) is 3.80. The average molecular weight is 383 g/mol. The lowest BCUT2D eigenvalue weighted by Gasteiger charge is -2.12. The van der Waals surface area contributed by atoms with Gasteiger partial charge in [-0.15, -0.1) is 11.3 Å². The molecule has 140 valence electrons. The predicted octanol–water partition coefficient (Wildman–Crippen LogP) is 4.21. The maximum Gasteiger partial charge on any atom is 0.229 e. The molecule has 4 rings (SSSR count). The van der Waals surface area contributed by atoms with Crippen molar-refractivity contribution in [2.45, 2.75) is 25.2 Å². The van der Waals surface area contributed by atoms with Crippen LogP contribution in [0.3, 0.4) is 0 Å². The number of methoxy groups -OCH3 is 2. The molecular weight excluding hydrogens is 362 g/mol. The van der Waals surface area contributed by atoms with Gasteiger partial charge in [-0.1, -0.05) is 6.07 Å². The molecule has 0 unspecified atom stereocenters. The van der Waals surface area contributed by atoms with E-state index in [2.05, 4.69) is 15.5 Å². The second kappa shape index (κ2) is 7.44. The number of amides is 1. The van der Waals surface area contributed by atoms with Crippen LogP contribution in [0, 0.1) is 0 Å². The van der Waals surface area contributed by atoms with Crippen molar-refractivity contribution in [2.24, 2.45) is 0 Å². The molecule has 27 heavy (non-hydrogen) atoms. The van der Waals surface area contributed by atoms with Gasteiger partial charge in [0.25, 0.3) is 0 Å². The Morgan fingerprint density at radius 3 is 2.81 bits per heavy atom. The van der Waals surface area contributed by atoms with E-state index in [4.69, 9.17) is 9.47 Å². The normalized spacial score (nSPS) is 13.4. The Bertz CT molecular complexity index is 946. The zero-order valence-electron chi connectivity index (χ0n) is 15.2. The van der Waals surface area contributed by atoms with Gasteiger partial charge in [0.1, 0.15) is 17.2 Å². The third-order valence-corrected chi connectivity index (χ3v) is 5.50. The summed E-state index contributed by atoms with van der Waals surface area (Å²) >= 11 is 1.58. The summed E-state index contributed by atoms with van der Waals surface area (Å²) in [5, 5.41) is 12.7. The number of hydrogen-bond acceptors (Lipinski definition) is 5. The number of hydrogen-bond donors (Lipinski definition) is 2. The van der Waals surface area contributed by atoms with Crippen LogP contribution in [0.4, 0.5) is 5.69 Å². The summed E-state index contributed by atoms with van der Waals surface area (Å²) in [6.45, 7) is 0. The van der Waals surface area contributed by atoms with Gasteiger partial charge < -0.3 is 14.8 Å². The van der Waals surface area contributed by atoms with E-state index in [1.807, 2.05) is 35.7 Å². The highest BCUT2D eigenvalue weighted by Gasteiger charge is 2.31. The molecule has 2 N–H and O–H groups in total. The molecule has 2 aromatic heterocycles. The van der Waals surface area contributed by atoms with Crippen LogP contribution in [0.5, 0.6) is 11.5 Å². The van der Waals surface area contributed by atoms with Crippen molar-refractivity contribution in [3.05, 3.63) is 46.3 Å². The second-order valence-corrected chi connectivity index (χ2v) is 7.54. The second-order valence-electron chi connectivity index (χ2n) is 6.51. The number of aromatic nitrogens is 2. The molecule has 0 spiro atoms. The van der Waals surface area contributed by atoms with E-state index in [9.17, 15) is 4.79 Å². The first-order valence-electron chi connectivity index (χ1n) is 8.82. The molecule has 1 fully saturated rings. The van der Waals surface area contributed by atoms with Gasteiger partial charge >= 0.3 is 0 Å². The van der Waals surface area contributed by atoms with Crippen LogP contribution in [0.25, 0.3) is 11.3 Å². The van der Waals surface area contributed by atoms with Crippen molar-refractivity contribution in [2.75, 3.05) is 19.5 Å². The van der Waals surface area contributed by atoms with Gasteiger partial charge in [-0.2, -0.15) is 5.10 Å². The molecule has 0 aliphatic heterocycles. The molecule has 0 atom stereocenters. The van der Waals surface area contributed by atoms with Gasteiger partial charge in [0.05, 0.1) is 32.0 Å². The molecule has 3 aromatic rings. The van der Waals surface area contributed by atoms with Crippen molar-refractivity contribution in [3.63, 3.8) is 0 Å². The standard InChI is InChI=1S/C20H21N3O3S/c1-25-13-7-8-15(16(10-13)26-2)19-20(18(22-23-19)12-5-6-12)21-17(24)11-14-4-3-9-27-14/h3-4,7-10,12H,5-6,11H2,1-2H3,(H,21,24)(H,22,23). The van der Waals surface area contributed by atoms with Crippen molar-refractivity contribution >= 4 is 22.9 Å². The van der Waals surface area contributed by atoms with Gasteiger partial charge in [-0.05, 0) is 36.4 Å². The number of rotatable bonds is 7. The fourth-order valence-electron chi connectivity index (χ4n) is 3.09. The Hall–Kier alpha value is -2.80.